The van der Waals surface area contributed by atoms with Gasteiger partial charge >= 0.3 is 5.69 Å². The van der Waals surface area contributed by atoms with Crippen LogP contribution in [0.2, 0.25) is 36.0 Å². The summed E-state index contributed by atoms with van der Waals surface area (Å²) in [6.07, 6.45) is 2.32. The van der Waals surface area contributed by atoms with E-state index in [9.17, 15) is 10.1 Å². The van der Waals surface area contributed by atoms with E-state index in [4.69, 9.17) is 32.7 Å². The standard InChI is InChI=1S/C21H26BrCl2N5O4Si/c1-34(2,3)10-9-32-13-28-12-15(23)18-19(26-21(24)27-20(18)28)25-7-4-8-33-17-11-14(22)5-6-16(17)29(30)31/h5-6,11-12H,4,7-10,13H2,1-3H3,(H,25,26,27). The summed E-state index contributed by atoms with van der Waals surface area (Å²) in [4.78, 5) is 19.3. The second-order valence-electron chi connectivity index (χ2n) is 8.83. The number of nitro groups is 1. The van der Waals surface area contributed by atoms with E-state index in [1.807, 2.05) is 4.57 Å². The van der Waals surface area contributed by atoms with Crippen molar-refractivity contribution in [1.82, 2.24) is 14.5 Å². The summed E-state index contributed by atoms with van der Waals surface area (Å²) < 4.78 is 14.0. The second-order valence-corrected chi connectivity index (χ2v) is 16.1. The maximum absolute atomic E-state index is 11.2. The number of benzene rings is 1. The molecule has 0 fully saturated rings. The Morgan fingerprint density at radius 2 is 2.00 bits per heavy atom. The molecule has 0 aliphatic heterocycles. The molecule has 9 nitrogen and oxygen atoms in total. The fraction of sp³-hybridized carbons (Fsp3) is 0.429. The highest BCUT2D eigenvalue weighted by molar-refractivity contribution is 9.10. The van der Waals surface area contributed by atoms with E-state index in [0.29, 0.717) is 52.6 Å². The molecule has 0 unspecified atom stereocenters. The minimum absolute atomic E-state index is 0.0827. The fourth-order valence-corrected chi connectivity index (χ4v) is 4.65. The van der Waals surface area contributed by atoms with Gasteiger partial charge in [-0.15, -0.1) is 0 Å². The third-order valence-electron chi connectivity index (χ3n) is 4.86. The van der Waals surface area contributed by atoms with Crippen molar-refractivity contribution < 1.29 is 14.4 Å². The maximum atomic E-state index is 11.2. The third kappa shape index (κ3) is 7.29. The second kappa shape index (κ2) is 11.7. The van der Waals surface area contributed by atoms with Crippen LogP contribution in [-0.4, -0.2) is 47.3 Å². The summed E-state index contributed by atoms with van der Waals surface area (Å²) >= 11 is 15.9. The number of nitrogens with zero attached hydrogens (tertiary/aromatic N) is 4. The first-order valence-electron chi connectivity index (χ1n) is 10.7. The minimum atomic E-state index is -1.18. The minimum Gasteiger partial charge on any atom is -0.487 e. The lowest BCUT2D eigenvalue weighted by Gasteiger charge is -2.15. The molecule has 0 aliphatic carbocycles. The molecular formula is C21H26BrCl2N5O4Si. The highest BCUT2D eigenvalue weighted by atomic mass is 79.9. The number of hydrogen-bond acceptors (Lipinski definition) is 7. The SMILES string of the molecule is C[Si](C)(C)CCOCn1cc(Cl)c2c(NCCCOc3cc(Br)ccc3[N+](=O)[O-])nc(Cl)nc21. The molecule has 1 N–H and O–H groups in total. The van der Waals surface area contributed by atoms with Crippen LogP contribution in [0.5, 0.6) is 5.75 Å². The number of rotatable bonds is 12. The predicted octanol–water partition coefficient (Wildman–Crippen LogP) is 6.60. The van der Waals surface area contributed by atoms with Crippen LogP contribution in [0.1, 0.15) is 6.42 Å². The largest absolute Gasteiger partial charge is 0.487 e. The van der Waals surface area contributed by atoms with E-state index < -0.39 is 13.0 Å². The summed E-state index contributed by atoms with van der Waals surface area (Å²) in [5.41, 5.74) is 0.502. The normalized spacial score (nSPS) is 11.7. The van der Waals surface area contributed by atoms with Gasteiger partial charge in [0.05, 0.1) is 21.9 Å². The van der Waals surface area contributed by atoms with Crippen LogP contribution in [0.15, 0.2) is 28.9 Å². The van der Waals surface area contributed by atoms with Crippen molar-refractivity contribution in [2.45, 2.75) is 38.8 Å². The average molecular weight is 591 g/mol. The number of aromatic nitrogens is 3. The lowest BCUT2D eigenvalue weighted by atomic mass is 10.3. The van der Waals surface area contributed by atoms with Crippen molar-refractivity contribution >= 4 is 69.7 Å². The quantitative estimate of drug-likeness (QED) is 0.0832. The van der Waals surface area contributed by atoms with Gasteiger partial charge in [-0.05, 0) is 30.1 Å². The van der Waals surface area contributed by atoms with Gasteiger partial charge in [0, 0.05) is 44.0 Å². The highest BCUT2D eigenvalue weighted by Gasteiger charge is 2.18. The molecule has 3 rings (SSSR count). The predicted molar refractivity (Wildman–Crippen MR) is 141 cm³/mol. The third-order valence-corrected chi connectivity index (χ3v) is 7.51. The number of anilines is 1. The van der Waals surface area contributed by atoms with Gasteiger partial charge < -0.3 is 19.4 Å². The molecule has 34 heavy (non-hydrogen) atoms. The molecule has 0 radical (unpaired) electrons. The molecule has 2 aromatic heterocycles. The first-order valence-corrected chi connectivity index (χ1v) is 15.9. The van der Waals surface area contributed by atoms with Crippen molar-refractivity contribution in [1.29, 1.82) is 0 Å². The molecule has 0 spiro atoms. The molecule has 0 bridgehead atoms. The molecule has 1 aromatic carbocycles. The lowest BCUT2D eigenvalue weighted by Crippen LogP contribution is -2.22. The van der Waals surface area contributed by atoms with Gasteiger partial charge in [-0.3, -0.25) is 10.1 Å². The number of nitrogens with one attached hydrogen (secondary N) is 1. The van der Waals surface area contributed by atoms with E-state index in [0.717, 1.165) is 6.04 Å². The van der Waals surface area contributed by atoms with E-state index in [2.05, 4.69) is 50.9 Å². The first kappa shape index (κ1) is 26.7. The number of halogens is 3. The molecule has 184 valence electrons. The van der Waals surface area contributed by atoms with E-state index in [-0.39, 0.29) is 23.3 Å². The Morgan fingerprint density at radius 1 is 1.24 bits per heavy atom. The van der Waals surface area contributed by atoms with Crippen LogP contribution >= 0.6 is 39.1 Å². The zero-order valence-electron chi connectivity index (χ0n) is 19.1. The van der Waals surface area contributed by atoms with Crippen molar-refractivity contribution in [3.63, 3.8) is 0 Å². The van der Waals surface area contributed by atoms with Crippen LogP contribution in [0, 0.1) is 10.1 Å². The Labute approximate surface area is 217 Å². The van der Waals surface area contributed by atoms with E-state index >= 15 is 0 Å². The molecule has 0 saturated carbocycles. The highest BCUT2D eigenvalue weighted by Crippen LogP contribution is 2.32. The van der Waals surface area contributed by atoms with Crippen LogP contribution in [0.4, 0.5) is 11.5 Å². The first-order chi connectivity index (χ1) is 16.0. The van der Waals surface area contributed by atoms with Crippen LogP contribution in [-0.2, 0) is 11.5 Å². The Hall–Kier alpha value is -1.92. The van der Waals surface area contributed by atoms with Crippen molar-refractivity contribution in [2.24, 2.45) is 0 Å². The molecule has 0 amide bonds. The maximum Gasteiger partial charge on any atom is 0.310 e. The molecule has 0 aliphatic rings. The van der Waals surface area contributed by atoms with E-state index in [1.54, 1.807) is 18.3 Å². The van der Waals surface area contributed by atoms with Crippen LogP contribution < -0.4 is 10.1 Å². The zero-order chi connectivity index (χ0) is 24.9. The number of ether oxygens (including phenoxy) is 2. The molecule has 3 aromatic rings. The van der Waals surface area contributed by atoms with Gasteiger partial charge in [0.2, 0.25) is 5.28 Å². The van der Waals surface area contributed by atoms with E-state index in [1.165, 1.54) is 6.07 Å². The molecule has 2 heterocycles. The Bertz CT molecular complexity index is 1170. The monoisotopic (exact) mass is 589 g/mol. The smallest absolute Gasteiger partial charge is 0.310 e. The van der Waals surface area contributed by atoms with Gasteiger partial charge in [0.25, 0.3) is 0 Å². The Morgan fingerprint density at radius 3 is 2.71 bits per heavy atom. The van der Waals surface area contributed by atoms with Gasteiger partial charge in [-0.1, -0.05) is 47.2 Å². The summed E-state index contributed by atoms with van der Waals surface area (Å²) in [6.45, 7) is 8.65. The van der Waals surface area contributed by atoms with Crippen LogP contribution in [0.25, 0.3) is 11.0 Å². The van der Waals surface area contributed by atoms with Gasteiger partial charge in [-0.25, -0.2) is 0 Å². The summed E-state index contributed by atoms with van der Waals surface area (Å²) in [6, 6.07) is 5.64. The summed E-state index contributed by atoms with van der Waals surface area (Å²) in [5, 5.41) is 15.6. The topological polar surface area (TPSA) is 104 Å². The Kier molecular flexibility index (Phi) is 9.16. The number of hydrogen-bond donors (Lipinski definition) is 1. The zero-order valence-corrected chi connectivity index (χ0v) is 23.2. The molecule has 13 heteroatoms. The lowest BCUT2D eigenvalue weighted by molar-refractivity contribution is -0.385. The molecule has 0 atom stereocenters. The van der Waals surface area contributed by atoms with Gasteiger partial charge in [-0.2, -0.15) is 9.97 Å². The summed E-state index contributed by atoms with van der Waals surface area (Å²) in [7, 11) is -1.18. The number of nitro benzene ring substituents is 1. The number of fused-ring (bicyclic) bond motifs is 1. The van der Waals surface area contributed by atoms with Crippen molar-refractivity contribution in [3.05, 3.63) is 49.3 Å². The van der Waals surface area contributed by atoms with Gasteiger partial charge in [0.1, 0.15) is 12.5 Å². The van der Waals surface area contributed by atoms with Crippen molar-refractivity contribution in [2.75, 3.05) is 25.1 Å². The van der Waals surface area contributed by atoms with Gasteiger partial charge in [0.15, 0.2) is 11.4 Å². The van der Waals surface area contributed by atoms with Crippen molar-refractivity contribution in [3.8, 4) is 5.75 Å². The summed E-state index contributed by atoms with van der Waals surface area (Å²) in [5.74, 6) is 0.718. The van der Waals surface area contributed by atoms with Crippen LogP contribution in [0.3, 0.4) is 0 Å². The fourth-order valence-electron chi connectivity index (χ4n) is 3.10. The average Bonchev–Trinajstić information content (AvgIpc) is 3.05. The molecular weight excluding hydrogens is 565 g/mol. The molecule has 0 saturated heterocycles. The Balaban J connectivity index is 1.61.